The average Bonchev–Trinajstić information content (AvgIpc) is 3.24. The molecule has 4 aromatic rings. The van der Waals surface area contributed by atoms with E-state index in [1.54, 1.807) is 36.4 Å². The van der Waals surface area contributed by atoms with E-state index in [0.29, 0.717) is 11.3 Å². The first-order valence-corrected chi connectivity index (χ1v) is 13.5. The van der Waals surface area contributed by atoms with Crippen LogP contribution in [0.4, 0.5) is 5.69 Å². The Kier molecular flexibility index (Phi) is 7.79. The minimum atomic E-state index is -1.15. The summed E-state index contributed by atoms with van der Waals surface area (Å²) in [5, 5.41) is 3.06. The van der Waals surface area contributed by atoms with Crippen LogP contribution in [-0.4, -0.2) is 39.5 Å². The third-order valence-corrected chi connectivity index (χ3v) is 7.45. The molecule has 1 aliphatic heterocycles. The highest BCUT2D eigenvalue weighted by Gasteiger charge is 2.44. The minimum Gasteiger partial charge on any atom is -0.323 e. The highest BCUT2D eigenvalue weighted by molar-refractivity contribution is 6.22. The molecule has 0 saturated carbocycles. The minimum absolute atomic E-state index is 0.0902. The van der Waals surface area contributed by atoms with Crippen LogP contribution < -0.4 is 5.32 Å². The Morgan fingerprint density at radius 3 is 1.80 bits per heavy atom. The molecule has 7 nitrogen and oxygen atoms in total. The Hall–Kier alpha value is -5.04. The van der Waals surface area contributed by atoms with Crippen LogP contribution in [0.5, 0.6) is 0 Å². The predicted molar refractivity (Wildman–Crippen MR) is 157 cm³/mol. The quantitative estimate of drug-likeness (QED) is 0.288. The van der Waals surface area contributed by atoms with Gasteiger partial charge in [-0.05, 0) is 55.2 Å². The molecule has 41 heavy (non-hydrogen) atoms. The van der Waals surface area contributed by atoms with Crippen molar-refractivity contribution >= 4 is 29.3 Å². The molecule has 7 heteroatoms. The fraction of sp³-hybridized carbons (Fsp3) is 0.176. The molecule has 0 saturated heterocycles. The second-order valence-corrected chi connectivity index (χ2v) is 10.2. The number of carbonyl (C=O) groups is 4. The normalized spacial score (nSPS) is 13.9. The van der Waals surface area contributed by atoms with E-state index in [1.807, 2.05) is 80.6 Å². The number of hydrogen-bond acceptors (Lipinski definition) is 4. The number of benzene rings is 4. The van der Waals surface area contributed by atoms with Crippen molar-refractivity contribution in [3.05, 3.63) is 137 Å². The van der Waals surface area contributed by atoms with E-state index < -0.39 is 35.7 Å². The molecule has 2 atom stereocenters. The van der Waals surface area contributed by atoms with Gasteiger partial charge >= 0.3 is 0 Å². The van der Waals surface area contributed by atoms with Gasteiger partial charge in [-0.3, -0.25) is 24.1 Å². The summed E-state index contributed by atoms with van der Waals surface area (Å²) in [6.07, 6.45) is 0. The van der Waals surface area contributed by atoms with Crippen molar-refractivity contribution in [3.8, 4) is 0 Å². The Labute approximate surface area is 239 Å². The van der Waals surface area contributed by atoms with Crippen LogP contribution in [0, 0.1) is 13.8 Å². The first kappa shape index (κ1) is 27.5. The third-order valence-electron chi connectivity index (χ3n) is 7.45. The standard InChI is InChI=1S/C34H31N3O4/c1-22-13-12-14-23(2)29(22)35-31(38)30(26-17-8-5-9-18-26)36(21-25-15-6-4-7-16-25)32(39)24(3)37-33(40)27-19-10-11-20-28(27)34(37)41/h4-20,24,30H,21H2,1-3H3,(H,35,38). The van der Waals surface area contributed by atoms with E-state index in [1.165, 1.54) is 11.8 Å². The van der Waals surface area contributed by atoms with Crippen molar-refractivity contribution in [2.45, 2.75) is 39.4 Å². The maximum absolute atomic E-state index is 14.4. The maximum atomic E-state index is 14.4. The lowest BCUT2D eigenvalue weighted by Gasteiger charge is -2.35. The van der Waals surface area contributed by atoms with Crippen LogP contribution >= 0.6 is 0 Å². The molecule has 1 heterocycles. The molecule has 4 amide bonds. The van der Waals surface area contributed by atoms with Crippen molar-refractivity contribution < 1.29 is 19.2 Å². The number of rotatable bonds is 8. The lowest BCUT2D eigenvalue weighted by atomic mass is 10.0. The zero-order valence-electron chi connectivity index (χ0n) is 23.2. The Balaban J connectivity index is 1.57. The predicted octanol–water partition coefficient (Wildman–Crippen LogP) is 5.70. The zero-order valence-corrected chi connectivity index (χ0v) is 23.2. The molecule has 206 valence electrons. The summed E-state index contributed by atoms with van der Waals surface area (Å²) < 4.78 is 0. The van der Waals surface area contributed by atoms with Gasteiger partial charge in [0.2, 0.25) is 5.91 Å². The SMILES string of the molecule is Cc1cccc(C)c1NC(=O)C(c1ccccc1)N(Cc1ccccc1)C(=O)C(C)N1C(=O)c2ccccc2C1=O. The largest absolute Gasteiger partial charge is 0.323 e. The van der Waals surface area contributed by atoms with Gasteiger partial charge in [0.1, 0.15) is 12.1 Å². The monoisotopic (exact) mass is 545 g/mol. The molecule has 4 aromatic carbocycles. The van der Waals surface area contributed by atoms with Crippen LogP contribution in [0.3, 0.4) is 0 Å². The van der Waals surface area contributed by atoms with Crippen LogP contribution in [-0.2, 0) is 16.1 Å². The smallest absolute Gasteiger partial charge is 0.262 e. The zero-order chi connectivity index (χ0) is 29.1. The molecular weight excluding hydrogens is 514 g/mol. The van der Waals surface area contributed by atoms with Crippen molar-refractivity contribution in [1.82, 2.24) is 9.80 Å². The van der Waals surface area contributed by atoms with E-state index in [9.17, 15) is 19.2 Å². The summed E-state index contributed by atoms with van der Waals surface area (Å²) in [5.41, 5.74) is 4.40. The first-order valence-electron chi connectivity index (χ1n) is 13.5. The van der Waals surface area contributed by atoms with Crippen LogP contribution in [0.2, 0.25) is 0 Å². The average molecular weight is 546 g/mol. The van der Waals surface area contributed by atoms with Gasteiger partial charge in [-0.1, -0.05) is 91.0 Å². The number of imide groups is 1. The molecule has 2 unspecified atom stereocenters. The molecule has 0 bridgehead atoms. The molecular formula is C34H31N3O4. The van der Waals surface area contributed by atoms with Crippen molar-refractivity contribution in [3.63, 3.8) is 0 Å². The summed E-state index contributed by atoms with van der Waals surface area (Å²) in [4.78, 5) is 57.5. The van der Waals surface area contributed by atoms with E-state index in [2.05, 4.69) is 5.32 Å². The number of carbonyl (C=O) groups excluding carboxylic acids is 4. The van der Waals surface area contributed by atoms with Crippen LogP contribution in [0.25, 0.3) is 0 Å². The van der Waals surface area contributed by atoms with E-state index in [4.69, 9.17) is 0 Å². The number of nitrogens with zero attached hydrogens (tertiary/aromatic N) is 2. The third kappa shape index (κ3) is 5.39. The number of nitrogens with one attached hydrogen (secondary N) is 1. The summed E-state index contributed by atoms with van der Waals surface area (Å²) in [6.45, 7) is 5.45. The number of hydrogen-bond donors (Lipinski definition) is 1. The Morgan fingerprint density at radius 1 is 0.732 bits per heavy atom. The lowest BCUT2D eigenvalue weighted by Crippen LogP contribution is -2.51. The van der Waals surface area contributed by atoms with Gasteiger partial charge in [0.25, 0.3) is 17.7 Å². The van der Waals surface area contributed by atoms with Crippen molar-refractivity contribution in [2.75, 3.05) is 5.32 Å². The Morgan fingerprint density at radius 2 is 1.24 bits per heavy atom. The van der Waals surface area contributed by atoms with E-state index >= 15 is 0 Å². The first-order chi connectivity index (χ1) is 19.8. The number of anilines is 1. The lowest BCUT2D eigenvalue weighted by molar-refractivity contribution is -0.142. The Bertz CT molecular complexity index is 1560. The molecule has 0 radical (unpaired) electrons. The second-order valence-electron chi connectivity index (χ2n) is 10.2. The molecule has 0 aromatic heterocycles. The molecule has 5 rings (SSSR count). The fourth-order valence-electron chi connectivity index (χ4n) is 5.30. The van der Waals surface area contributed by atoms with Gasteiger partial charge in [-0.15, -0.1) is 0 Å². The number of fused-ring (bicyclic) bond motifs is 1. The van der Waals surface area contributed by atoms with Crippen LogP contribution in [0.1, 0.15) is 55.9 Å². The molecule has 1 aliphatic rings. The van der Waals surface area contributed by atoms with E-state index in [0.717, 1.165) is 21.6 Å². The van der Waals surface area contributed by atoms with Gasteiger partial charge in [0.05, 0.1) is 11.1 Å². The molecule has 1 N–H and O–H groups in total. The van der Waals surface area contributed by atoms with Crippen molar-refractivity contribution in [2.24, 2.45) is 0 Å². The summed E-state index contributed by atoms with van der Waals surface area (Å²) in [6, 6.07) is 28.5. The van der Waals surface area contributed by atoms with Gasteiger partial charge < -0.3 is 10.2 Å². The van der Waals surface area contributed by atoms with Gasteiger partial charge in [0.15, 0.2) is 0 Å². The highest BCUT2D eigenvalue weighted by Crippen LogP contribution is 2.31. The summed E-state index contributed by atoms with van der Waals surface area (Å²) in [5.74, 6) is -1.97. The molecule has 0 spiro atoms. The van der Waals surface area contributed by atoms with Gasteiger partial charge in [0, 0.05) is 12.2 Å². The second kappa shape index (κ2) is 11.6. The topological polar surface area (TPSA) is 86.8 Å². The van der Waals surface area contributed by atoms with Gasteiger partial charge in [-0.2, -0.15) is 0 Å². The number of amides is 4. The highest BCUT2D eigenvalue weighted by atomic mass is 16.2. The summed E-state index contributed by atoms with van der Waals surface area (Å²) in [7, 11) is 0. The van der Waals surface area contributed by atoms with Crippen LogP contribution in [0.15, 0.2) is 103 Å². The number of aryl methyl sites for hydroxylation is 2. The summed E-state index contributed by atoms with van der Waals surface area (Å²) >= 11 is 0. The number of para-hydroxylation sites is 1. The molecule has 0 fully saturated rings. The maximum Gasteiger partial charge on any atom is 0.262 e. The fourth-order valence-corrected chi connectivity index (χ4v) is 5.30. The molecule has 0 aliphatic carbocycles. The van der Waals surface area contributed by atoms with E-state index in [-0.39, 0.29) is 17.7 Å². The van der Waals surface area contributed by atoms with Crippen molar-refractivity contribution in [1.29, 1.82) is 0 Å². The van der Waals surface area contributed by atoms with Gasteiger partial charge in [-0.25, -0.2) is 0 Å².